The number of hydrogen-bond donors (Lipinski definition) is 0. The summed E-state index contributed by atoms with van der Waals surface area (Å²) in [7, 11) is 0. The average molecular weight is 352 g/mol. The Bertz CT molecular complexity index is 750. The zero-order valence-corrected chi connectivity index (χ0v) is 15.0. The minimum absolute atomic E-state index is 0.0787. The van der Waals surface area contributed by atoms with E-state index in [0.717, 1.165) is 44.0 Å². The van der Waals surface area contributed by atoms with E-state index in [1.807, 2.05) is 42.2 Å². The van der Waals surface area contributed by atoms with Crippen LogP contribution in [-0.2, 0) is 11.3 Å². The van der Waals surface area contributed by atoms with Crippen LogP contribution in [0.2, 0.25) is 0 Å². The van der Waals surface area contributed by atoms with Crippen molar-refractivity contribution in [1.29, 1.82) is 0 Å². The maximum absolute atomic E-state index is 12.7. The first-order chi connectivity index (χ1) is 12.7. The Morgan fingerprint density at radius 3 is 2.88 bits per heavy atom. The molecule has 4 rings (SSSR count). The highest BCUT2D eigenvalue weighted by molar-refractivity contribution is 5.94. The summed E-state index contributed by atoms with van der Waals surface area (Å²) in [6, 6.07) is 10.0. The number of rotatable bonds is 4. The topological polar surface area (TPSA) is 58.6 Å². The van der Waals surface area contributed by atoms with Crippen molar-refractivity contribution in [3.63, 3.8) is 0 Å². The summed E-state index contributed by atoms with van der Waals surface area (Å²) in [5.41, 5.74) is 2.56. The largest absolute Gasteiger partial charge is 0.371 e. The predicted molar refractivity (Wildman–Crippen MR) is 97.7 cm³/mol. The van der Waals surface area contributed by atoms with Gasteiger partial charge < -0.3 is 9.64 Å². The molecule has 26 heavy (non-hydrogen) atoms. The van der Waals surface area contributed by atoms with E-state index < -0.39 is 0 Å². The number of pyridine rings is 2. The molecule has 2 aliphatic heterocycles. The summed E-state index contributed by atoms with van der Waals surface area (Å²) in [6.45, 7) is 5.83. The zero-order chi connectivity index (χ0) is 17.9. The Balaban J connectivity index is 1.32. The van der Waals surface area contributed by atoms with Crippen molar-refractivity contribution in [1.82, 2.24) is 19.8 Å². The van der Waals surface area contributed by atoms with E-state index in [1.54, 1.807) is 12.4 Å². The van der Waals surface area contributed by atoms with Crippen molar-refractivity contribution < 1.29 is 9.53 Å². The van der Waals surface area contributed by atoms with Crippen LogP contribution >= 0.6 is 0 Å². The van der Waals surface area contributed by atoms with Gasteiger partial charge in [0.05, 0.1) is 24.0 Å². The van der Waals surface area contributed by atoms with Crippen LogP contribution < -0.4 is 0 Å². The second kappa shape index (κ2) is 7.51. The van der Waals surface area contributed by atoms with Crippen molar-refractivity contribution in [3.05, 3.63) is 59.7 Å². The lowest BCUT2D eigenvalue weighted by Gasteiger charge is -2.37. The lowest BCUT2D eigenvalue weighted by molar-refractivity contribution is 0.0435. The smallest absolute Gasteiger partial charge is 0.255 e. The van der Waals surface area contributed by atoms with Gasteiger partial charge in [-0.05, 0) is 37.6 Å². The van der Waals surface area contributed by atoms with Crippen molar-refractivity contribution >= 4 is 5.91 Å². The van der Waals surface area contributed by atoms with Crippen molar-refractivity contribution in [2.45, 2.75) is 32.1 Å². The Labute approximate surface area is 153 Å². The zero-order valence-electron chi connectivity index (χ0n) is 15.0. The van der Waals surface area contributed by atoms with Crippen LogP contribution in [0.15, 0.2) is 42.7 Å². The van der Waals surface area contributed by atoms with Crippen molar-refractivity contribution in [3.8, 4) is 0 Å². The molecule has 6 heteroatoms. The number of piperazine rings is 1. The van der Waals surface area contributed by atoms with E-state index >= 15 is 0 Å². The number of amides is 1. The van der Waals surface area contributed by atoms with Gasteiger partial charge in [-0.25, -0.2) is 0 Å². The Morgan fingerprint density at radius 1 is 1.19 bits per heavy atom. The van der Waals surface area contributed by atoms with Gasteiger partial charge in [0.15, 0.2) is 0 Å². The number of aryl methyl sites for hydroxylation is 1. The van der Waals surface area contributed by atoms with E-state index in [1.165, 1.54) is 0 Å². The van der Waals surface area contributed by atoms with E-state index in [4.69, 9.17) is 4.74 Å². The molecule has 4 heterocycles. The summed E-state index contributed by atoms with van der Waals surface area (Å²) >= 11 is 0. The molecule has 2 saturated heterocycles. The molecule has 0 aliphatic carbocycles. The molecule has 0 spiro atoms. The van der Waals surface area contributed by atoms with Crippen LogP contribution in [0.3, 0.4) is 0 Å². The maximum atomic E-state index is 12.7. The molecule has 2 atom stereocenters. The van der Waals surface area contributed by atoms with E-state index in [0.29, 0.717) is 18.2 Å². The number of aromatic nitrogens is 2. The highest BCUT2D eigenvalue weighted by Gasteiger charge is 2.38. The van der Waals surface area contributed by atoms with Crippen LogP contribution in [0.4, 0.5) is 0 Å². The monoisotopic (exact) mass is 352 g/mol. The lowest BCUT2D eigenvalue weighted by Crippen LogP contribution is -2.52. The Hall–Kier alpha value is -2.31. The molecule has 0 N–H and O–H groups in total. The van der Waals surface area contributed by atoms with Gasteiger partial charge in [-0.1, -0.05) is 6.07 Å². The molecule has 0 aromatic carbocycles. The molecule has 136 valence electrons. The van der Waals surface area contributed by atoms with Gasteiger partial charge in [-0.3, -0.25) is 19.7 Å². The molecular formula is C20H24N4O2. The quantitative estimate of drug-likeness (QED) is 0.841. The summed E-state index contributed by atoms with van der Waals surface area (Å²) < 4.78 is 6.06. The molecule has 2 aromatic rings. The molecular weight excluding hydrogens is 328 g/mol. The van der Waals surface area contributed by atoms with Crippen molar-refractivity contribution in [2.75, 3.05) is 26.2 Å². The summed E-state index contributed by atoms with van der Waals surface area (Å²) in [6.07, 6.45) is 4.64. The number of nitrogens with zero attached hydrogens (tertiary/aromatic N) is 4. The average Bonchev–Trinajstić information content (AvgIpc) is 3.09. The SMILES string of the molecule is Cc1ccc(C(=O)N2CCN3C[C@H](OCc4ccccn4)C[C@@H]3C2)cn1. The lowest BCUT2D eigenvalue weighted by atomic mass is 10.1. The maximum Gasteiger partial charge on any atom is 0.255 e. The minimum Gasteiger partial charge on any atom is -0.371 e. The fourth-order valence-corrected chi connectivity index (χ4v) is 3.77. The molecule has 2 aliphatic rings. The van der Waals surface area contributed by atoms with Crippen LogP contribution in [0.25, 0.3) is 0 Å². The summed E-state index contributed by atoms with van der Waals surface area (Å²) in [5, 5.41) is 0. The molecule has 0 bridgehead atoms. The Kier molecular flexibility index (Phi) is 4.95. The van der Waals surface area contributed by atoms with Gasteiger partial charge >= 0.3 is 0 Å². The second-order valence-electron chi connectivity index (χ2n) is 7.08. The fourth-order valence-electron chi connectivity index (χ4n) is 3.77. The van der Waals surface area contributed by atoms with E-state index in [2.05, 4.69) is 14.9 Å². The predicted octanol–water partition coefficient (Wildman–Crippen LogP) is 1.90. The second-order valence-corrected chi connectivity index (χ2v) is 7.08. The normalized spacial score (nSPS) is 23.0. The molecule has 2 aromatic heterocycles. The first-order valence-corrected chi connectivity index (χ1v) is 9.16. The third-order valence-electron chi connectivity index (χ3n) is 5.22. The minimum atomic E-state index is 0.0787. The van der Waals surface area contributed by atoms with Crippen LogP contribution in [0.1, 0.15) is 28.2 Å². The van der Waals surface area contributed by atoms with Gasteiger partial charge in [0, 0.05) is 50.3 Å². The molecule has 2 fully saturated rings. The molecule has 1 amide bonds. The molecule has 6 nitrogen and oxygen atoms in total. The van der Waals surface area contributed by atoms with Gasteiger partial charge in [0.25, 0.3) is 5.91 Å². The van der Waals surface area contributed by atoms with Crippen molar-refractivity contribution in [2.24, 2.45) is 0 Å². The van der Waals surface area contributed by atoms with Gasteiger partial charge in [-0.2, -0.15) is 0 Å². The van der Waals surface area contributed by atoms with Crippen LogP contribution in [0, 0.1) is 6.92 Å². The first kappa shape index (κ1) is 17.1. The highest BCUT2D eigenvalue weighted by Crippen LogP contribution is 2.25. The van der Waals surface area contributed by atoms with Crippen LogP contribution in [-0.4, -0.2) is 64.0 Å². The van der Waals surface area contributed by atoms with Gasteiger partial charge in [0.2, 0.25) is 0 Å². The number of hydrogen-bond acceptors (Lipinski definition) is 5. The van der Waals surface area contributed by atoms with E-state index in [9.17, 15) is 4.79 Å². The molecule has 0 saturated carbocycles. The highest BCUT2D eigenvalue weighted by atomic mass is 16.5. The van der Waals surface area contributed by atoms with Gasteiger partial charge in [-0.15, -0.1) is 0 Å². The fraction of sp³-hybridized carbons (Fsp3) is 0.450. The number of carbonyl (C=O) groups is 1. The summed E-state index contributed by atoms with van der Waals surface area (Å²) in [4.78, 5) is 25.7. The van der Waals surface area contributed by atoms with Gasteiger partial charge in [0.1, 0.15) is 0 Å². The third-order valence-corrected chi connectivity index (χ3v) is 5.22. The Morgan fingerprint density at radius 2 is 2.12 bits per heavy atom. The molecule has 0 unspecified atom stereocenters. The number of fused-ring (bicyclic) bond motifs is 1. The first-order valence-electron chi connectivity index (χ1n) is 9.16. The standard InChI is InChI=1S/C20H24N4O2/c1-15-5-6-16(11-22-15)20(25)24-9-8-23-13-19(10-18(23)12-24)26-14-17-4-2-3-7-21-17/h2-7,11,18-19H,8-10,12-14H2,1H3/t18-,19-/m1/s1. The molecule has 0 radical (unpaired) electrons. The summed E-state index contributed by atoms with van der Waals surface area (Å²) in [5.74, 6) is 0.0787. The van der Waals surface area contributed by atoms with E-state index in [-0.39, 0.29) is 12.0 Å². The number of ether oxygens (including phenoxy) is 1. The van der Waals surface area contributed by atoms with Crippen LogP contribution in [0.5, 0.6) is 0 Å². The third kappa shape index (κ3) is 3.76. The number of carbonyl (C=O) groups excluding carboxylic acids is 1.